The summed E-state index contributed by atoms with van der Waals surface area (Å²) in [6, 6.07) is 0. The standard InChI is InChI=1S/C16H22BrNO3/c17-15(8-18-20)16(3-4-19)21-9-10-5-13-11-1-2-12(7-11)14(13)6-10/h3-4,10-15H,1-2,5-9H2/b16-3+. The fourth-order valence-electron chi connectivity index (χ4n) is 4.95. The van der Waals surface area contributed by atoms with Gasteiger partial charge in [-0.05, 0) is 61.7 Å². The lowest BCUT2D eigenvalue weighted by Crippen LogP contribution is -2.15. The molecule has 0 aromatic rings. The van der Waals surface area contributed by atoms with Gasteiger partial charge in [0.2, 0.25) is 0 Å². The SMILES string of the molecule is O=C/C=C(/OCC1CC2C3CCC(C3)C2C1)C(Br)CN=O. The average molecular weight is 356 g/mol. The van der Waals surface area contributed by atoms with Crippen LogP contribution in [-0.4, -0.2) is 24.3 Å². The van der Waals surface area contributed by atoms with E-state index in [1.54, 1.807) is 0 Å². The smallest absolute Gasteiger partial charge is 0.146 e. The maximum Gasteiger partial charge on any atom is 0.146 e. The van der Waals surface area contributed by atoms with Crippen molar-refractivity contribution in [1.82, 2.24) is 0 Å². The molecule has 0 aliphatic heterocycles. The molecule has 3 fully saturated rings. The number of nitroso groups, excluding NO2 is 1. The van der Waals surface area contributed by atoms with Crippen LogP contribution >= 0.6 is 15.9 Å². The number of allylic oxidation sites excluding steroid dienone is 1. The van der Waals surface area contributed by atoms with Crippen LogP contribution in [0.2, 0.25) is 0 Å². The van der Waals surface area contributed by atoms with Crippen LogP contribution in [0.15, 0.2) is 17.0 Å². The highest BCUT2D eigenvalue weighted by molar-refractivity contribution is 9.09. The molecule has 0 aromatic heterocycles. The Kier molecular flexibility index (Phi) is 4.77. The molecule has 0 radical (unpaired) electrons. The third-order valence-electron chi connectivity index (χ3n) is 5.75. The normalized spacial score (nSPS) is 39.1. The van der Waals surface area contributed by atoms with E-state index < -0.39 is 0 Å². The third kappa shape index (κ3) is 3.08. The maximum absolute atomic E-state index is 10.7. The van der Waals surface area contributed by atoms with Crippen LogP contribution < -0.4 is 0 Å². The first kappa shape index (κ1) is 15.2. The minimum Gasteiger partial charge on any atom is -0.496 e. The number of alkyl halides is 1. The molecule has 0 aromatic carbocycles. The van der Waals surface area contributed by atoms with Crippen molar-refractivity contribution < 1.29 is 9.53 Å². The first-order valence-corrected chi connectivity index (χ1v) is 8.85. The summed E-state index contributed by atoms with van der Waals surface area (Å²) in [6.07, 6.45) is 8.99. The molecule has 0 spiro atoms. The summed E-state index contributed by atoms with van der Waals surface area (Å²) in [5, 5.41) is 2.86. The number of ether oxygens (including phenoxy) is 1. The van der Waals surface area contributed by atoms with Crippen LogP contribution in [0.25, 0.3) is 0 Å². The van der Waals surface area contributed by atoms with Gasteiger partial charge < -0.3 is 4.74 Å². The molecule has 3 aliphatic rings. The number of carbonyl (C=O) groups excluding carboxylic acids is 1. The molecule has 116 valence electrons. The highest BCUT2D eigenvalue weighted by Gasteiger charge is 2.51. The minimum absolute atomic E-state index is 0.0831. The molecular weight excluding hydrogens is 334 g/mol. The number of nitrogens with zero attached hydrogens (tertiary/aromatic N) is 1. The van der Waals surface area contributed by atoms with Crippen LogP contribution in [-0.2, 0) is 9.53 Å². The molecule has 4 nitrogen and oxygen atoms in total. The molecule has 0 heterocycles. The first-order valence-electron chi connectivity index (χ1n) is 7.94. The van der Waals surface area contributed by atoms with Crippen molar-refractivity contribution in [2.24, 2.45) is 34.8 Å². The van der Waals surface area contributed by atoms with Crippen molar-refractivity contribution in [3.05, 3.63) is 16.7 Å². The lowest BCUT2D eigenvalue weighted by molar-refractivity contribution is -0.104. The lowest BCUT2D eigenvalue weighted by atomic mass is 9.82. The van der Waals surface area contributed by atoms with Gasteiger partial charge >= 0.3 is 0 Å². The van der Waals surface area contributed by atoms with Crippen molar-refractivity contribution in [3.63, 3.8) is 0 Å². The zero-order valence-corrected chi connectivity index (χ0v) is 13.7. The van der Waals surface area contributed by atoms with E-state index >= 15 is 0 Å². The van der Waals surface area contributed by atoms with Gasteiger partial charge in [0.25, 0.3) is 0 Å². The monoisotopic (exact) mass is 355 g/mol. The predicted molar refractivity (Wildman–Crippen MR) is 84.0 cm³/mol. The van der Waals surface area contributed by atoms with E-state index in [1.807, 2.05) is 0 Å². The molecule has 0 N–H and O–H groups in total. The Bertz CT molecular complexity index is 421. The summed E-state index contributed by atoms with van der Waals surface area (Å²) < 4.78 is 5.82. The van der Waals surface area contributed by atoms with Crippen molar-refractivity contribution in [1.29, 1.82) is 0 Å². The minimum atomic E-state index is -0.294. The van der Waals surface area contributed by atoms with Crippen molar-refractivity contribution in [2.75, 3.05) is 13.2 Å². The molecule has 5 atom stereocenters. The number of rotatable bonds is 7. The Morgan fingerprint density at radius 1 is 1.24 bits per heavy atom. The van der Waals surface area contributed by atoms with Crippen molar-refractivity contribution in [2.45, 2.75) is 36.9 Å². The maximum atomic E-state index is 10.7. The number of hydrogen-bond donors (Lipinski definition) is 0. The van der Waals surface area contributed by atoms with Crippen LogP contribution in [0.5, 0.6) is 0 Å². The summed E-state index contributed by atoms with van der Waals surface area (Å²) in [4.78, 5) is 20.7. The molecule has 3 saturated carbocycles. The van der Waals surface area contributed by atoms with Crippen LogP contribution in [0, 0.1) is 34.5 Å². The third-order valence-corrected chi connectivity index (χ3v) is 6.49. The summed E-state index contributed by atoms with van der Waals surface area (Å²) >= 11 is 3.35. The predicted octanol–water partition coefficient (Wildman–Crippen LogP) is 3.69. The van der Waals surface area contributed by atoms with Gasteiger partial charge in [0, 0.05) is 6.08 Å². The molecular formula is C16H22BrNO3. The molecule has 3 aliphatic carbocycles. The Hall–Kier alpha value is -0.710. The lowest BCUT2D eigenvalue weighted by Gasteiger charge is -2.23. The highest BCUT2D eigenvalue weighted by atomic mass is 79.9. The molecule has 0 saturated heterocycles. The van der Waals surface area contributed by atoms with E-state index in [0.29, 0.717) is 24.6 Å². The molecule has 21 heavy (non-hydrogen) atoms. The van der Waals surface area contributed by atoms with Gasteiger partial charge in [-0.2, -0.15) is 4.91 Å². The number of aldehydes is 1. The van der Waals surface area contributed by atoms with E-state index in [9.17, 15) is 9.70 Å². The molecule has 3 rings (SSSR count). The second kappa shape index (κ2) is 6.59. The first-order chi connectivity index (χ1) is 10.2. The van der Waals surface area contributed by atoms with Gasteiger partial charge in [-0.15, -0.1) is 0 Å². The molecule has 2 bridgehead atoms. The summed E-state index contributed by atoms with van der Waals surface area (Å²) in [5.41, 5.74) is 0. The van der Waals surface area contributed by atoms with Crippen LogP contribution in [0.3, 0.4) is 0 Å². The average Bonchev–Trinajstić information content (AvgIpc) is 3.15. The highest BCUT2D eigenvalue weighted by Crippen LogP contribution is 2.60. The summed E-state index contributed by atoms with van der Waals surface area (Å²) in [6.45, 7) is 0.743. The molecule has 5 unspecified atom stereocenters. The molecule has 0 amide bonds. The molecule has 5 heteroatoms. The number of fused-ring (bicyclic) bond motifs is 5. The Balaban J connectivity index is 1.52. The summed E-state index contributed by atoms with van der Waals surface area (Å²) in [5.74, 6) is 4.92. The zero-order chi connectivity index (χ0) is 14.8. The Labute approximate surface area is 133 Å². The second-order valence-electron chi connectivity index (χ2n) is 6.79. The number of carbonyl (C=O) groups is 1. The van der Waals surface area contributed by atoms with Gasteiger partial charge in [0.15, 0.2) is 0 Å². The fraction of sp³-hybridized carbons (Fsp3) is 0.812. The van der Waals surface area contributed by atoms with Crippen LogP contribution in [0.1, 0.15) is 32.1 Å². The van der Waals surface area contributed by atoms with Gasteiger partial charge in [0.1, 0.15) is 18.6 Å². The largest absolute Gasteiger partial charge is 0.496 e. The van der Waals surface area contributed by atoms with Crippen LogP contribution in [0.4, 0.5) is 0 Å². The Morgan fingerprint density at radius 3 is 2.48 bits per heavy atom. The zero-order valence-electron chi connectivity index (χ0n) is 12.1. The second-order valence-corrected chi connectivity index (χ2v) is 7.90. The van der Waals surface area contributed by atoms with E-state index in [0.717, 1.165) is 23.7 Å². The van der Waals surface area contributed by atoms with Gasteiger partial charge in [-0.3, -0.25) is 4.79 Å². The van der Waals surface area contributed by atoms with Crippen molar-refractivity contribution in [3.8, 4) is 0 Å². The fourth-order valence-corrected chi connectivity index (χ4v) is 5.35. The quantitative estimate of drug-likeness (QED) is 0.230. The van der Waals surface area contributed by atoms with Gasteiger partial charge in [-0.25, -0.2) is 0 Å². The number of hydrogen-bond acceptors (Lipinski definition) is 4. The van der Waals surface area contributed by atoms with E-state index in [2.05, 4.69) is 21.1 Å². The Morgan fingerprint density at radius 2 is 1.90 bits per heavy atom. The van der Waals surface area contributed by atoms with Gasteiger partial charge in [-0.1, -0.05) is 21.1 Å². The van der Waals surface area contributed by atoms with E-state index in [1.165, 1.54) is 38.2 Å². The van der Waals surface area contributed by atoms with Gasteiger partial charge in [0.05, 0.1) is 11.4 Å². The van der Waals surface area contributed by atoms with E-state index in [4.69, 9.17) is 4.74 Å². The summed E-state index contributed by atoms with van der Waals surface area (Å²) in [7, 11) is 0. The van der Waals surface area contributed by atoms with Crippen molar-refractivity contribution >= 4 is 22.2 Å². The topological polar surface area (TPSA) is 55.7 Å². The van der Waals surface area contributed by atoms with E-state index in [-0.39, 0.29) is 11.4 Å². The number of halogens is 1.